The van der Waals surface area contributed by atoms with Gasteiger partial charge in [0.25, 0.3) is 0 Å². The largest absolute Gasteiger partial charge is 0.329 e. The Balaban J connectivity index is 1.33. The molecule has 1 aliphatic heterocycles. The highest BCUT2D eigenvalue weighted by atomic mass is 15.2. The second kappa shape index (κ2) is 9.41. The van der Waals surface area contributed by atoms with Crippen molar-refractivity contribution >= 4 is 38.5 Å². The first-order chi connectivity index (χ1) is 22.3. The van der Waals surface area contributed by atoms with Gasteiger partial charge in [-0.2, -0.15) is 0 Å². The summed E-state index contributed by atoms with van der Waals surface area (Å²) in [6.45, 7) is 0. The van der Waals surface area contributed by atoms with Crippen LogP contribution < -0.4 is 5.32 Å². The van der Waals surface area contributed by atoms with Crippen LogP contribution >= 0.6 is 0 Å². The number of allylic oxidation sites excluding steroid dienone is 2. The molecule has 7 aromatic rings. The number of aliphatic imine (C=N–C) groups is 1. The van der Waals surface area contributed by atoms with Crippen molar-refractivity contribution in [3.63, 3.8) is 0 Å². The van der Waals surface area contributed by atoms with E-state index in [0.717, 1.165) is 24.3 Å². The minimum atomic E-state index is -0.0611. The molecule has 3 heteroatoms. The summed E-state index contributed by atoms with van der Waals surface area (Å²) in [5.41, 5.74) is 13.7. The first kappa shape index (κ1) is 24.7. The molecule has 2 heterocycles. The van der Waals surface area contributed by atoms with Gasteiger partial charge in [0.2, 0.25) is 5.96 Å². The predicted molar refractivity (Wildman–Crippen MR) is 187 cm³/mol. The maximum Gasteiger partial charge on any atom is 0.208 e. The average Bonchev–Trinajstić information content (AvgIpc) is 3.39. The van der Waals surface area contributed by atoms with Crippen LogP contribution in [0.25, 0.3) is 66.0 Å². The molecule has 45 heavy (non-hydrogen) atoms. The van der Waals surface area contributed by atoms with E-state index < -0.39 is 0 Å². The number of aromatic nitrogens is 1. The van der Waals surface area contributed by atoms with E-state index in [-0.39, 0.29) is 6.04 Å². The summed E-state index contributed by atoms with van der Waals surface area (Å²) in [4.78, 5) is 5.50. The van der Waals surface area contributed by atoms with Crippen LogP contribution in [0.1, 0.15) is 24.4 Å². The zero-order valence-corrected chi connectivity index (χ0v) is 24.7. The normalized spacial score (nSPS) is 16.6. The van der Waals surface area contributed by atoms with Crippen LogP contribution in [0.2, 0.25) is 0 Å². The van der Waals surface area contributed by atoms with E-state index in [2.05, 4.69) is 149 Å². The second-order valence-corrected chi connectivity index (χ2v) is 12.3. The van der Waals surface area contributed by atoms with E-state index in [1.54, 1.807) is 0 Å². The van der Waals surface area contributed by atoms with Crippen LogP contribution in [0.5, 0.6) is 0 Å². The molecule has 10 rings (SSSR count). The summed E-state index contributed by atoms with van der Waals surface area (Å²) in [6.07, 6.45) is 6.56. The van der Waals surface area contributed by atoms with E-state index in [1.807, 2.05) is 0 Å². The summed E-state index contributed by atoms with van der Waals surface area (Å²) >= 11 is 0. The number of rotatable bonds is 1. The van der Waals surface area contributed by atoms with Gasteiger partial charge in [0, 0.05) is 22.0 Å². The number of nitrogens with zero attached hydrogens (tertiary/aromatic N) is 2. The van der Waals surface area contributed by atoms with Gasteiger partial charge in [-0.25, -0.2) is 4.99 Å². The summed E-state index contributed by atoms with van der Waals surface area (Å²) in [5, 5.41) is 8.94. The van der Waals surface area contributed by atoms with Gasteiger partial charge in [-0.3, -0.25) is 4.57 Å². The Morgan fingerprint density at radius 3 is 2.02 bits per heavy atom. The fourth-order valence-corrected chi connectivity index (χ4v) is 7.95. The minimum absolute atomic E-state index is 0.0611. The number of hydrogen-bond donors (Lipinski definition) is 1. The molecule has 6 aromatic carbocycles. The van der Waals surface area contributed by atoms with E-state index in [9.17, 15) is 0 Å². The highest BCUT2D eigenvalue weighted by molar-refractivity contribution is 6.29. The van der Waals surface area contributed by atoms with Crippen molar-refractivity contribution in [1.29, 1.82) is 0 Å². The lowest BCUT2D eigenvalue weighted by atomic mass is 9.91. The molecule has 2 aliphatic carbocycles. The maximum atomic E-state index is 5.50. The fraction of sp³-hybridized carbons (Fsp3) is 0.0714. The smallest absolute Gasteiger partial charge is 0.208 e. The van der Waals surface area contributed by atoms with Crippen molar-refractivity contribution < 1.29 is 0 Å². The van der Waals surface area contributed by atoms with Gasteiger partial charge in [-0.05, 0) is 74.7 Å². The first-order valence-corrected chi connectivity index (χ1v) is 15.8. The second-order valence-electron chi connectivity index (χ2n) is 12.3. The molecule has 3 nitrogen and oxygen atoms in total. The molecular formula is C42H29N3. The summed E-state index contributed by atoms with van der Waals surface area (Å²) in [5.74, 6) is 0.886. The summed E-state index contributed by atoms with van der Waals surface area (Å²) in [6, 6.07) is 46.5. The molecule has 0 saturated heterocycles. The van der Waals surface area contributed by atoms with Crippen molar-refractivity contribution in [2.24, 2.45) is 4.99 Å². The molecule has 1 aromatic heterocycles. The van der Waals surface area contributed by atoms with Gasteiger partial charge in [-0.15, -0.1) is 0 Å². The number of benzene rings is 6. The summed E-state index contributed by atoms with van der Waals surface area (Å²) in [7, 11) is 0. The third kappa shape index (κ3) is 3.49. The highest BCUT2D eigenvalue weighted by Crippen LogP contribution is 2.50. The van der Waals surface area contributed by atoms with Gasteiger partial charge < -0.3 is 5.32 Å². The standard InChI is InChI=1S/C42H29N3/c1-2-13-26(14-3-1)41-32-19-8-10-23-36(32)43-42(44-41)45-37-24-11-9-20-33(37)40-34-22-12-21-31-29-17-6-4-15-27(29)28-16-5-7-18-30(28)35(39(31)34)25-38(40)45/h1-9,11-22,24-25,41H,10,23H2,(H,43,44). The van der Waals surface area contributed by atoms with Gasteiger partial charge in [0.05, 0.1) is 11.0 Å². The number of fused-ring (bicyclic) bond motifs is 9. The van der Waals surface area contributed by atoms with Crippen LogP contribution in [0.15, 0.2) is 156 Å². The Bertz CT molecular complexity index is 2460. The van der Waals surface area contributed by atoms with Gasteiger partial charge in [-0.1, -0.05) is 127 Å². The van der Waals surface area contributed by atoms with Gasteiger partial charge in [0.1, 0.15) is 6.04 Å². The Morgan fingerprint density at radius 2 is 1.22 bits per heavy atom. The van der Waals surface area contributed by atoms with E-state index >= 15 is 0 Å². The predicted octanol–water partition coefficient (Wildman–Crippen LogP) is 10.4. The molecule has 1 atom stereocenters. The molecule has 0 bridgehead atoms. The lowest BCUT2D eigenvalue weighted by molar-refractivity contribution is 0.737. The topological polar surface area (TPSA) is 29.3 Å². The molecular weight excluding hydrogens is 546 g/mol. The Labute approximate surface area is 261 Å². The molecule has 1 unspecified atom stereocenters. The van der Waals surface area contributed by atoms with Crippen LogP contribution in [0.4, 0.5) is 0 Å². The fourth-order valence-electron chi connectivity index (χ4n) is 7.95. The van der Waals surface area contributed by atoms with Crippen LogP contribution in [-0.2, 0) is 0 Å². The van der Waals surface area contributed by atoms with E-state index in [1.165, 1.54) is 77.3 Å². The van der Waals surface area contributed by atoms with Crippen molar-refractivity contribution in [1.82, 2.24) is 9.88 Å². The monoisotopic (exact) mass is 575 g/mol. The van der Waals surface area contributed by atoms with E-state index in [4.69, 9.17) is 4.99 Å². The molecule has 0 radical (unpaired) electrons. The number of para-hydroxylation sites is 1. The van der Waals surface area contributed by atoms with E-state index in [0.29, 0.717) is 0 Å². The third-order valence-corrected chi connectivity index (χ3v) is 9.86. The van der Waals surface area contributed by atoms with Gasteiger partial charge >= 0.3 is 0 Å². The van der Waals surface area contributed by atoms with Crippen molar-refractivity contribution in [2.45, 2.75) is 18.9 Å². The lowest BCUT2D eigenvalue weighted by Crippen LogP contribution is -2.35. The Kier molecular flexibility index (Phi) is 5.17. The zero-order chi connectivity index (χ0) is 29.5. The van der Waals surface area contributed by atoms with Crippen LogP contribution in [0, 0.1) is 0 Å². The summed E-state index contributed by atoms with van der Waals surface area (Å²) < 4.78 is 2.38. The SMILES string of the molecule is C1=CC2=C(CC1)NC(n1c3ccccc3c3c4cccc5c4c(cc31)-c1ccccc1-c1ccccc1-5)=NC2c1ccccc1. The van der Waals surface area contributed by atoms with Crippen molar-refractivity contribution in [2.75, 3.05) is 0 Å². The number of hydrogen-bond acceptors (Lipinski definition) is 2. The minimum Gasteiger partial charge on any atom is -0.329 e. The number of nitrogens with one attached hydrogen (secondary N) is 1. The van der Waals surface area contributed by atoms with Gasteiger partial charge in [0.15, 0.2) is 0 Å². The Morgan fingerprint density at radius 1 is 0.578 bits per heavy atom. The maximum absolute atomic E-state index is 5.50. The molecule has 0 fully saturated rings. The molecule has 212 valence electrons. The first-order valence-electron chi connectivity index (χ1n) is 15.8. The quantitative estimate of drug-likeness (QED) is 0.207. The third-order valence-electron chi connectivity index (χ3n) is 9.86. The van der Waals surface area contributed by atoms with Crippen molar-refractivity contribution in [3.8, 4) is 33.4 Å². The molecule has 0 saturated carbocycles. The van der Waals surface area contributed by atoms with Crippen molar-refractivity contribution in [3.05, 3.63) is 156 Å². The Hall–Kier alpha value is -5.67. The lowest BCUT2D eigenvalue weighted by Gasteiger charge is -2.30. The average molecular weight is 576 g/mol. The highest BCUT2D eigenvalue weighted by Gasteiger charge is 2.29. The zero-order valence-electron chi connectivity index (χ0n) is 24.7. The molecule has 0 spiro atoms. The van der Waals surface area contributed by atoms with Crippen LogP contribution in [0.3, 0.4) is 0 Å². The molecule has 3 aliphatic rings. The molecule has 1 N–H and O–H groups in total. The molecule has 0 amide bonds. The van der Waals surface area contributed by atoms with Crippen LogP contribution in [-0.4, -0.2) is 10.5 Å².